The summed E-state index contributed by atoms with van der Waals surface area (Å²) in [5.74, 6) is -0.886. The molecule has 1 fully saturated rings. The molecule has 2 N–H and O–H groups in total. The molecule has 2 unspecified atom stereocenters. The summed E-state index contributed by atoms with van der Waals surface area (Å²) in [4.78, 5) is 47.9. The molecule has 7 nitrogen and oxygen atoms in total. The smallest absolute Gasteiger partial charge is 0.245 e. The van der Waals surface area contributed by atoms with E-state index in [1.807, 2.05) is 37.3 Å². The van der Waals surface area contributed by atoms with Gasteiger partial charge in [-0.05, 0) is 25.3 Å². The third-order valence-corrected chi connectivity index (χ3v) is 4.23. The Balaban J connectivity index is 1.71. The van der Waals surface area contributed by atoms with E-state index in [-0.39, 0.29) is 30.9 Å². The van der Waals surface area contributed by atoms with E-state index in [1.165, 1.54) is 4.90 Å². The van der Waals surface area contributed by atoms with Gasteiger partial charge in [0.05, 0.1) is 13.1 Å². The maximum Gasteiger partial charge on any atom is 0.245 e. The van der Waals surface area contributed by atoms with Crippen molar-refractivity contribution in [2.75, 3.05) is 13.1 Å². The number of nitrogens with zero attached hydrogens (tertiary/aromatic N) is 1. The largest absolute Gasteiger partial charge is 0.347 e. The van der Waals surface area contributed by atoms with E-state index in [1.54, 1.807) is 0 Å². The van der Waals surface area contributed by atoms with Gasteiger partial charge in [0.25, 0.3) is 0 Å². The zero-order valence-electron chi connectivity index (χ0n) is 14.2. The summed E-state index contributed by atoms with van der Waals surface area (Å²) in [6.45, 7) is 1.70. The highest BCUT2D eigenvalue weighted by Gasteiger charge is 2.37. The SMILES string of the molecule is CC1CC(NC(=O)CNC(=O)CCc2ccccc2)C(=O)N1CC=O. The van der Waals surface area contributed by atoms with Crippen molar-refractivity contribution >= 4 is 24.0 Å². The molecule has 134 valence electrons. The Morgan fingerprint density at radius 3 is 2.64 bits per heavy atom. The van der Waals surface area contributed by atoms with Crippen LogP contribution in [0.25, 0.3) is 0 Å². The molecule has 0 aliphatic carbocycles. The summed E-state index contributed by atoms with van der Waals surface area (Å²) in [6.07, 6.45) is 2.03. The molecule has 1 aromatic rings. The van der Waals surface area contributed by atoms with Crippen LogP contribution < -0.4 is 10.6 Å². The van der Waals surface area contributed by atoms with Gasteiger partial charge in [-0.2, -0.15) is 0 Å². The van der Waals surface area contributed by atoms with Crippen LogP contribution in [0.5, 0.6) is 0 Å². The van der Waals surface area contributed by atoms with Crippen molar-refractivity contribution in [1.29, 1.82) is 0 Å². The van der Waals surface area contributed by atoms with E-state index in [0.29, 0.717) is 25.5 Å². The van der Waals surface area contributed by atoms with Gasteiger partial charge in [-0.3, -0.25) is 14.4 Å². The summed E-state index contributed by atoms with van der Waals surface area (Å²) in [6, 6.07) is 8.89. The van der Waals surface area contributed by atoms with Crippen LogP contribution in [-0.2, 0) is 25.6 Å². The molecule has 0 radical (unpaired) electrons. The predicted molar refractivity (Wildman–Crippen MR) is 91.6 cm³/mol. The maximum absolute atomic E-state index is 12.1. The van der Waals surface area contributed by atoms with Crippen molar-refractivity contribution < 1.29 is 19.2 Å². The Kier molecular flexibility index (Phi) is 6.68. The predicted octanol–water partition coefficient (Wildman–Crippen LogP) is 0.0399. The maximum atomic E-state index is 12.1. The van der Waals surface area contributed by atoms with Gasteiger partial charge in [-0.1, -0.05) is 30.3 Å². The van der Waals surface area contributed by atoms with Crippen LogP contribution >= 0.6 is 0 Å². The number of amides is 3. The molecule has 1 heterocycles. The Morgan fingerprint density at radius 2 is 1.96 bits per heavy atom. The van der Waals surface area contributed by atoms with Gasteiger partial charge in [0.1, 0.15) is 12.3 Å². The minimum atomic E-state index is -0.635. The van der Waals surface area contributed by atoms with E-state index < -0.39 is 11.9 Å². The minimum absolute atomic E-state index is 0.0303. The quantitative estimate of drug-likeness (QED) is 0.650. The van der Waals surface area contributed by atoms with E-state index in [2.05, 4.69) is 10.6 Å². The number of aryl methyl sites for hydroxylation is 1. The van der Waals surface area contributed by atoms with Crippen LogP contribution in [-0.4, -0.2) is 54.1 Å². The number of carbonyl (C=O) groups excluding carboxylic acids is 4. The van der Waals surface area contributed by atoms with Crippen LogP contribution in [0.1, 0.15) is 25.3 Å². The first-order chi connectivity index (χ1) is 12.0. The second kappa shape index (κ2) is 8.96. The van der Waals surface area contributed by atoms with E-state index in [4.69, 9.17) is 0 Å². The number of hydrogen-bond donors (Lipinski definition) is 2. The third-order valence-electron chi connectivity index (χ3n) is 4.23. The third kappa shape index (κ3) is 5.41. The van der Waals surface area contributed by atoms with Gasteiger partial charge < -0.3 is 20.3 Å². The van der Waals surface area contributed by atoms with E-state index in [9.17, 15) is 19.2 Å². The highest BCUT2D eigenvalue weighted by molar-refractivity contribution is 5.92. The Morgan fingerprint density at radius 1 is 1.24 bits per heavy atom. The van der Waals surface area contributed by atoms with Crippen LogP contribution in [0.2, 0.25) is 0 Å². The van der Waals surface area contributed by atoms with Crippen LogP contribution in [0.4, 0.5) is 0 Å². The Labute approximate surface area is 146 Å². The highest BCUT2D eigenvalue weighted by atomic mass is 16.2. The molecule has 3 amide bonds. The zero-order chi connectivity index (χ0) is 18.2. The average Bonchev–Trinajstić information content (AvgIpc) is 2.87. The summed E-state index contributed by atoms with van der Waals surface area (Å²) in [7, 11) is 0. The van der Waals surface area contributed by atoms with Crippen molar-refractivity contribution in [1.82, 2.24) is 15.5 Å². The molecule has 25 heavy (non-hydrogen) atoms. The van der Waals surface area contributed by atoms with Gasteiger partial charge in [0.15, 0.2) is 0 Å². The van der Waals surface area contributed by atoms with Crippen molar-refractivity contribution in [2.45, 2.75) is 38.3 Å². The number of benzene rings is 1. The van der Waals surface area contributed by atoms with Crippen LogP contribution in [0.3, 0.4) is 0 Å². The fourth-order valence-corrected chi connectivity index (χ4v) is 2.87. The first-order valence-electron chi connectivity index (χ1n) is 8.35. The molecule has 1 aromatic carbocycles. The number of hydrogen-bond acceptors (Lipinski definition) is 4. The van der Waals surface area contributed by atoms with E-state index >= 15 is 0 Å². The fraction of sp³-hybridized carbons (Fsp3) is 0.444. The first kappa shape index (κ1) is 18.6. The lowest BCUT2D eigenvalue weighted by molar-refractivity contribution is -0.134. The molecular formula is C18H23N3O4. The molecule has 7 heteroatoms. The van der Waals surface area contributed by atoms with E-state index in [0.717, 1.165) is 5.56 Å². The molecule has 2 atom stereocenters. The number of aldehydes is 1. The second-order valence-corrected chi connectivity index (χ2v) is 6.12. The summed E-state index contributed by atoms with van der Waals surface area (Å²) in [5.41, 5.74) is 1.06. The fourth-order valence-electron chi connectivity index (χ4n) is 2.87. The van der Waals surface area contributed by atoms with Crippen molar-refractivity contribution in [3.05, 3.63) is 35.9 Å². The number of likely N-dealkylation sites (tertiary alicyclic amines) is 1. The lowest BCUT2D eigenvalue weighted by atomic mass is 10.1. The number of rotatable bonds is 8. The van der Waals surface area contributed by atoms with Crippen LogP contribution in [0.15, 0.2) is 30.3 Å². The molecule has 1 saturated heterocycles. The normalized spacial score (nSPS) is 19.6. The standard InChI is InChI=1S/C18H23N3O4/c1-13-11-15(18(25)21(13)9-10-22)20-17(24)12-19-16(23)8-7-14-5-3-2-4-6-14/h2-6,10,13,15H,7-9,11-12H2,1H3,(H,19,23)(H,20,24). The van der Waals surface area contributed by atoms with Gasteiger partial charge in [0, 0.05) is 12.5 Å². The molecule has 0 saturated carbocycles. The molecule has 2 rings (SSSR count). The topological polar surface area (TPSA) is 95.6 Å². The van der Waals surface area contributed by atoms with Gasteiger partial charge in [0.2, 0.25) is 17.7 Å². The Hall–Kier alpha value is -2.70. The van der Waals surface area contributed by atoms with Gasteiger partial charge in [-0.25, -0.2) is 0 Å². The molecule has 1 aliphatic heterocycles. The highest BCUT2D eigenvalue weighted by Crippen LogP contribution is 2.17. The molecule has 0 spiro atoms. The summed E-state index contributed by atoms with van der Waals surface area (Å²) >= 11 is 0. The van der Waals surface area contributed by atoms with Gasteiger partial charge in [-0.15, -0.1) is 0 Å². The number of carbonyl (C=O) groups is 4. The summed E-state index contributed by atoms with van der Waals surface area (Å²) in [5, 5.41) is 5.17. The van der Waals surface area contributed by atoms with Crippen molar-refractivity contribution in [3.63, 3.8) is 0 Å². The van der Waals surface area contributed by atoms with Crippen LogP contribution in [0, 0.1) is 0 Å². The lowest BCUT2D eigenvalue weighted by Crippen LogP contribution is -2.46. The second-order valence-electron chi connectivity index (χ2n) is 6.12. The average molecular weight is 345 g/mol. The monoisotopic (exact) mass is 345 g/mol. The van der Waals surface area contributed by atoms with Crippen molar-refractivity contribution in [2.24, 2.45) is 0 Å². The number of nitrogens with one attached hydrogen (secondary N) is 2. The minimum Gasteiger partial charge on any atom is -0.347 e. The molecule has 0 aromatic heterocycles. The molecular weight excluding hydrogens is 322 g/mol. The molecule has 0 bridgehead atoms. The summed E-state index contributed by atoms with van der Waals surface area (Å²) < 4.78 is 0. The van der Waals surface area contributed by atoms with Crippen molar-refractivity contribution in [3.8, 4) is 0 Å². The van der Waals surface area contributed by atoms with Gasteiger partial charge >= 0.3 is 0 Å². The molecule has 1 aliphatic rings. The lowest BCUT2D eigenvalue weighted by Gasteiger charge is -2.18. The Bertz CT molecular complexity index is 632. The first-order valence-corrected chi connectivity index (χ1v) is 8.35. The zero-order valence-corrected chi connectivity index (χ0v) is 14.2.